The topological polar surface area (TPSA) is 53.2 Å². The van der Waals surface area contributed by atoms with Crippen molar-refractivity contribution in [2.45, 2.75) is 58.2 Å². The van der Waals surface area contributed by atoms with E-state index in [-0.39, 0.29) is 12.1 Å². The van der Waals surface area contributed by atoms with Crippen LogP contribution in [-0.4, -0.2) is 30.7 Å². The van der Waals surface area contributed by atoms with E-state index in [9.17, 15) is 4.79 Å². The smallest absolute Gasteiger partial charge is 0.315 e. The minimum Gasteiger partial charge on any atom is -0.335 e. The van der Waals surface area contributed by atoms with Crippen molar-refractivity contribution in [1.29, 1.82) is 0 Å². The van der Waals surface area contributed by atoms with Gasteiger partial charge in [0.15, 0.2) is 0 Å². The number of nitrogens with one attached hydrogen (secondary N) is 3. The molecule has 17 heavy (non-hydrogen) atoms. The van der Waals surface area contributed by atoms with Crippen molar-refractivity contribution in [2.75, 3.05) is 6.54 Å². The molecule has 4 unspecified atom stereocenters. The van der Waals surface area contributed by atoms with Crippen LogP contribution in [0.4, 0.5) is 4.79 Å². The fourth-order valence-electron chi connectivity index (χ4n) is 2.82. The molecular weight excluding hydrogens is 214 g/mol. The average Bonchev–Trinajstić information content (AvgIpc) is 2.57. The van der Waals surface area contributed by atoms with Gasteiger partial charge in [-0.1, -0.05) is 13.8 Å². The maximum Gasteiger partial charge on any atom is 0.315 e. The van der Waals surface area contributed by atoms with E-state index in [0.29, 0.717) is 18.0 Å². The molecule has 98 valence electrons. The number of hydrogen-bond donors (Lipinski definition) is 3. The number of urea groups is 1. The van der Waals surface area contributed by atoms with Crippen LogP contribution >= 0.6 is 0 Å². The number of amides is 2. The molecule has 0 aromatic rings. The molecule has 1 aliphatic carbocycles. The molecule has 0 aromatic heterocycles. The fourth-order valence-corrected chi connectivity index (χ4v) is 2.82. The standard InChI is InChI=1S/C13H25N3O/c1-8(2)9(3)15-13(17)16-12-5-10-4-11(6-12)14-7-10/h8-12,14H,4-7H2,1-3H3,(H2,15,16,17). The molecule has 0 spiro atoms. The van der Waals surface area contributed by atoms with E-state index >= 15 is 0 Å². The first kappa shape index (κ1) is 12.7. The van der Waals surface area contributed by atoms with Gasteiger partial charge in [0.2, 0.25) is 0 Å². The van der Waals surface area contributed by atoms with Gasteiger partial charge in [0.25, 0.3) is 0 Å². The minimum absolute atomic E-state index is 0.00231. The van der Waals surface area contributed by atoms with Crippen LogP contribution in [0.3, 0.4) is 0 Å². The van der Waals surface area contributed by atoms with Crippen LogP contribution in [-0.2, 0) is 0 Å². The largest absolute Gasteiger partial charge is 0.335 e. The molecule has 4 nitrogen and oxygen atoms in total. The number of fused-ring (bicyclic) bond motifs is 2. The van der Waals surface area contributed by atoms with E-state index < -0.39 is 0 Å². The van der Waals surface area contributed by atoms with Gasteiger partial charge in [-0.25, -0.2) is 4.79 Å². The summed E-state index contributed by atoms with van der Waals surface area (Å²) in [5.74, 6) is 1.24. The first-order chi connectivity index (χ1) is 8.04. The SMILES string of the molecule is CC(C)C(C)NC(=O)NC1CC2CNC(C2)C1. The monoisotopic (exact) mass is 239 g/mol. The molecule has 3 N–H and O–H groups in total. The van der Waals surface area contributed by atoms with Gasteiger partial charge in [-0.15, -0.1) is 0 Å². The highest BCUT2D eigenvalue weighted by atomic mass is 16.2. The van der Waals surface area contributed by atoms with Crippen LogP contribution in [0.2, 0.25) is 0 Å². The molecule has 4 atom stereocenters. The maximum absolute atomic E-state index is 11.8. The summed E-state index contributed by atoms with van der Waals surface area (Å²) in [5.41, 5.74) is 0. The second kappa shape index (κ2) is 5.25. The molecule has 2 bridgehead atoms. The van der Waals surface area contributed by atoms with Crippen molar-refractivity contribution in [2.24, 2.45) is 11.8 Å². The van der Waals surface area contributed by atoms with Gasteiger partial charge in [-0.05, 0) is 44.6 Å². The van der Waals surface area contributed by atoms with Crippen LogP contribution in [0.5, 0.6) is 0 Å². The van der Waals surface area contributed by atoms with Gasteiger partial charge in [0.05, 0.1) is 0 Å². The molecule has 1 saturated carbocycles. The van der Waals surface area contributed by atoms with Gasteiger partial charge in [0.1, 0.15) is 0 Å². The van der Waals surface area contributed by atoms with Crippen LogP contribution < -0.4 is 16.0 Å². The minimum atomic E-state index is -0.00231. The summed E-state index contributed by atoms with van der Waals surface area (Å²) in [6.45, 7) is 7.43. The van der Waals surface area contributed by atoms with E-state index in [1.54, 1.807) is 0 Å². The average molecular weight is 239 g/mol. The molecule has 2 aliphatic rings. The third-order valence-electron chi connectivity index (χ3n) is 4.19. The van der Waals surface area contributed by atoms with Crippen molar-refractivity contribution in [3.63, 3.8) is 0 Å². The molecule has 1 aliphatic heterocycles. The van der Waals surface area contributed by atoms with Crippen LogP contribution in [0.1, 0.15) is 40.0 Å². The third kappa shape index (κ3) is 3.35. The maximum atomic E-state index is 11.8. The van der Waals surface area contributed by atoms with Gasteiger partial charge in [0, 0.05) is 18.1 Å². The molecule has 2 amide bonds. The van der Waals surface area contributed by atoms with Gasteiger partial charge in [-0.3, -0.25) is 0 Å². The second-order valence-electron chi connectivity index (χ2n) is 6.03. The Bertz CT molecular complexity index is 268. The molecule has 2 rings (SSSR count). The van der Waals surface area contributed by atoms with E-state index in [0.717, 1.165) is 25.3 Å². The highest BCUT2D eigenvalue weighted by Gasteiger charge is 2.34. The Hall–Kier alpha value is -0.770. The van der Waals surface area contributed by atoms with Crippen LogP contribution in [0.15, 0.2) is 0 Å². The van der Waals surface area contributed by atoms with Crippen molar-refractivity contribution in [3.8, 4) is 0 Å². The Morgan fingerprint density at radius 3 is 2.65 bits per heavy atom. The summed E-state index contributed by atoms with van der Waals surface area (Å²) >= 11 is 0. The number of hydrogen-bond acceptors (Lipinski definition) is 2. The van der Waals surface area contributed by atoms with Crippen molar-refractivity contribution < 1.29 is 4.79 Å². The highest BCUT2D eigenvalue weighted by Crippen LogP contribution is 2.29. The molecule has 1 heterocycles. The second-order valence-corrected chi connectivity index (χ2v) is 6.03. The molecule has 0 radical (unpaired) electrons. The lowest BCUT2D eigenvalue weighted by molar-refractivity contribution is 0.223. The van der Waals surface area contributed by atoms with Gasteiger partial charge >= 0.3 is 6.03 Å². The van der Waals surface area contributed by atoms with E-state index in [1.165, 1.54) is 6.42 Å². The predicted molar refractivity (Wildman–Crippen MR) is 68.9 cm³/mol. The lowest BCUT2D eigenvalue weighted by Crippen LogP contribution is -2.49. The third-order valence-corrected chi connectivity index (χ3v) is 4.19. The van der Waals surface area contributed by atoms with Gasteiger partial charge < -0.3 is 16.0 Å². The zero-order valence-electron chi connectivity index (χ0n) is 11.1. The fraction of sp³-hybridized carbons (Fsp3) is 0.923. The summed E-state index contributed by atoms with van der Waals surface area (Å²) in [7, 11) is 0. The normalized spacial score (nSPS) is 33.5. The van der Waals surface area contributed by atoms with Crippen molar-refractivity contribution in [1.82, 2.24) is 16.0 Å². The number of carbonyl (C=O) groups is 1. The molecule has 1 saturated heterocycles. The van der Waals surface area contributed by atoms with Crippen molar-refractivity contribution >= 4 is 6.03 Å². The lowest BCUT2D eigenvalue weighted by atomic mass is 9.87. The Balaban J connectivity index is 1.75. The van der Waals surface area contributed by atoms with Gasteiger partial charge in [-0.2, -0.15) is 0 Å². The van der Waals surface area contributed by atoms with Crippen molar-refractivity contribution in [3.05, 3.63) is 0 Å². The molecule has 4 heteroatoms. The number of rotatable bonds is 3. The Kier molecular flexibility index (Phi) is 3.92. The first-order valence-corrected chi connectivity index (χ1v) is 6.85. The molecule has 0 aromatic carbocycles. The summed E-state index contributed by atoms with van der Waals surface area (Å²) in [4.78, 5) is 11.8. The Morgan fingerprint density at radius 2 is 2.00 bits per heavy atom. The molecule has 2 fully saturated rings. The first-order valence-electron chi connectivity index (χ1n) is 6.85. The zero-order valence-corrected chi connectivity index (χ0v) is 11.1. The summed E-state index contributed by atoms with van der Waals surface area (Å²) in [6, 6.07) is 1.21. The number of carbonyl (C=O) groups excluding carboxylic acids is 1. The molecular formula is C13H25N3O. The highest BCUT2D eigenvalue weighted by molar-refractivity contribution is 5.74. The predicted octanol–water partition coefficient (Wildman–Crippen LogP) is 1.47. The van der Waals surface area contributed by atoms with Crippen LogP contribution in [0.25, 0.3) is 0 Å². The van der Waals surface area contributed by atoms with Crippen LogP contribution in [0, 0.1) is 11.8 Å². The summed E-state index contributed by atoms with van der Waals surface area (Å²) < 4.78 is 0. The Morgan fingerprint density at radius 1 is 1.24 bits per heavy atom. The quantitative estimate of drug-likeness (QED) is 0.698. The lowest BCUT2D eigenvalue weighted by Gasteiger charge is -2.28. The van der Waals surface area contributed by atoms with E-state index in [1.807, 2.05) is 0 Å². The Labute approximate surface area is 104 Å². The zero-order chi connectivity index (χ0) is 12.4. The summed E-state index contributed by atoms with van der Waals surface area (Å²) in [6.07, 6.45) is 3.51. The summed E-state index contributed by atoms with van der Waals surface area (Å²) in [5, 5.41) is 9.63. The van der Waals surface area contributed by atoms with E-state index in [4.69, 9.17) is 0 Å². The van der Waals surface area contributed by atoms with E-state index in [2.05, 4.69) is 36.7 Å².